The Labute approximate surface area is 118 Å². The van der Waals surface area contributed by atoms with Crippen molar-refractivity contribution in [2.75, 3.05) is 38.0 Å². The molecule has 1 heterocycles. The van der Waals surface area contributed by atoms with Gasteiger partial charge in [0.2, 0.25) is 0 Å². The van der Waals surface area contributed by atoms with E-state index in [-0.39, 0.29) is 6.10 Å². The summed E-state index contributed by atoms with van der Waals surface area (Å²) in [5.41, 5.74) is 0. The molecule has 18 heavy (non-hydrogen) atoms. The van der Waals surface area contributed by atoms with Gasteiger partial charge in [-0.25, -0.2) is 0 Å². The van der Waals surface area contributed by atoms with Crippen LogP contribution in [-0.4, -0.2) is 49.0 Å². The Balaban J connectivity index is 1.91. The highest BCUT2D eigenvalue weighted by Crippen LogP contribution is 2.30. The molecule has 1 aromatic rings. The SMILES string of the molecule is ClCCN(CCCl)CC1COc2ccccc2O1. The molecular weight excluding hydrogens is 273 g/mol. The molecule has 3 nitrogen and oxygen atoms in total. The van der Waals surface area contributed by atoms with Crippen molar-refractivity contribution in [1.82, 2.24) is 4.90 Å². The summed E-state index contributed by atoms with van der Waals surface area (Å²) in [5, 5.41) is 0. The number of hydrogen-bond donors (Lipinski definition) is 0. The molecule has 0 saturated heterocycles. The monoisotopic (exact) mass is 289 g/mol. The maximum absolute atomic E-state index is 5.90. The first-order valence-electron chi connectivity index (χ1n) is 6.06. The van der Waals surface area contributed by atoms with Crippen LogP contribution in [0, 0.1) is 0 Å². The summed E-state index contributed by atoms with van der Waals surface area (Å²) >= 11 is 11.5. The van der Waals surface area contributed by atoms with E-state index in [1.807, 2.05) is 24.3 Å². The van der Waals surface area contributed by atoms with Gasteiger partial charge in [0.15, 0.2) is 11.5 Å². The molecule has 0 aromatic heterocycles. The highest BCUT2D eigenvalue weighted by Gasteiger charge is 2.22. The van der Waals surface area contributed by atoms with Crippen molar-refractivity contribution in [3.8, 4) is 11.5 Å². The van der Waals surface area contributed by atoms with Crippen molar-refractivity contribution in [2.45, 2.75) is 6.10 Å². The lowest BCUT2D eigenvalue weighted by molar-refractivity contribution is 0.0619. The van der Waals surface area contributed by atoms with Crippen LogP contribution < -0.4 is 9.47 Å². The van der Waals surface area contributed by atoms with Crippen molar-refractivity contribution in [1.29, 1.82) is 0 Å². The molecule has 2 rings (SSSR count). The smallest absolute Gasteiger partial charge is 0.161 e. The number of fused-ring (bicyclic) bond motifs is 1. The largest absolute Gasteiger partial charge is 0.486 e. The summed E-state index contributed by atoms with van der Waals surface area (Å²) in [6, 6.07) is 7.73. The molecule has 0 spiro atoms. The van der Waals surface area contributed by atoms with Crippen LogP contribution in [0.3, 0.4) is 0 Å². The fraction of sp³-hybridized carbons (Fsp3) is 0.538. The first-order chi connectivity index (χ1) is 8.83. The quantitative estimate of drug-likeness (QED) is 0.752. The molecule has 100 valence electrons. The maximum Gasteiger partial charge on any atom is 0.161 e. The van der Waals surface area contributed by atoms with E-state index in [0.717, 1.165) is 31.1 Å². The van der Waals surface area contributed by atoms with Gasteiger partial charge in [0.25, 0.3) is 0 Å². The number of benzene rings is 1. The van der Waals surface area contributed by atoms with Crippen molar-refractivity contribution in [3.05, 3.63) is 24.3 Å². The molecule has 1 aromatic carbocycles. The lowest BCUT2D eigenvalue weighted by atomic mass is 10.2. The minimum Gasteiger partial charge on any atom is -0.486 e. The Morgan fingerprint density at radius 3 is 2.44 bits per heavy atom. The predicted molar refractivity (Wildman–Crippen MR) is 74.2 cm³/mol. The minimum absolute atomic E-state index is 0.0336. The lowest BCUT2D eigenvalue weighted by Crippen LogP contribution is -2.42. The number of halogens is 2. The van der Waals surface area contributed by atoms with Crippen LogP contribution >= 0.6 is 23.2 Å². The van der Waals surface area contributed by atoms with E-state index < -0.39 is 0 Å². The fourth-order valence-corrected chi connectivity index (χ4v) is 2.45. The molecule has 5 heteroatoms. The van der Waals surface area contributed by atoms with E-state index in [0.29, 0.717) is 18.4 Å². The maximum atomic E-state index is 5.90. The van der Waals surface area contributed by atoms with Gasteiger partial charge in [-0.15, -0.1) is 23.2 Å². The van der Waals surface area contributed by atoms with Crippen LogP contribution in [0.25, 0.3) is 0 Å². The van der Waals surface area contributed by atoms with Gasteiger partial charge in [-0.1, -0.05) is 12.1 Å². The second-order valence-electron chi connectivity index (χ2n) is 4.18. The first-order valence-corrected chi connectivity index (χ1v) is 7.13. The van der Waals surface area contributed by atoms with Gasteiger partial charge >= 0.3 is 0 Å². The summed E-state index contributed by atoms with van der Waals surface area (Å²) in [6.45, 7) is 2.98. The van der Waals surface area contributed by atoms with Crippen LogP contribution in [0.5, 0.6) is 11.5 Å². The van der Waals surface area contributed by atoms with E-state index in [4.69, 9.17) is 32.7 Å². The predicted octanol–water partition coefficient (Wildman–Crippen LogP) is 2.61. The summed E-state index contributed by atoms with van der Waals surface area (Å²) in [5.74, 6) is 2.82. The molecule has 0 radical (unpaired) electrons. The van der Waals surface area contributed by atoms with E-state index in [1.54, 1.807) is 0 Å². The average Bonchev–Trinajstić information content (AvgIpc) is 2.39. The molecule has 0 amide bonds. The molecule has 0 saturated carbocycles. The standard InChI is InChI=1S/C13H17Cl2NO2/c14-5-7-16(8-6-15)9-11-10-17-12-3-1-2-4-13(12)18-11/h1-4,11H,5-10H2. The topological polar surface area (TPSA) is 21.7 Å². The summed E-state index contributed by atoms with van der Waals surface area (Å²) in [7, 11) is 0. The Bertz CT molecular complexity index is 370. The van der Waals surface area contributed by atoms with Gasteiger partial charge in [0.1, 0.15) is 12.7 Å². The third-order valence-electron chi connectivity index (χ3n) is 2.83. The number of hydrogen-bond acceptors (Lipinski definition) is 3. The molecule has 0 N–H and O–H groups in total. The molecule has 0 bridgehead atoms. The number of para-hydroxylation sites is 2. The van der Waals surface area contributed by atoms with E-state index >= 15 is 0 Å². The van der Waals surface area contributed by atoms with Crippen molar-refractivity contribution < 1.29 is 9.47 Å². The number of rotatable bonds is 6. The Morgan fingerprint density at radius 1 is 1.11 bits per heavy atom. The van der Waals surface area contributed by atoms with Crippen LogP contribution in [0.1, 0.15) is 0 Å². The van der Waals surface area contributed by atoms with Gasteiger partial charge < -0.3 is 9.47 Å². The first kappa shape index (κ1) is 13.8. The van der Waals surface area contributed by atoms with Gasteiger partial charge in [0, 0.05) is 31.4 Å². The van der Waals surface area contributed by atoms with Gasteiger partial charge in [-0.05, 0) is 12.1 Å². The zero-order valence-electron chi connectivity index (χ0n) is 10.1. The molecule has 1 unspecified atom stereocenters. The Morgan fingerprint density at radius 2 is 1.78 bits per heavy atom. The summed E-state index contributed by atoms with van der Waals surface area (Å²) in [4.78, 5) is 2.20. The van der Waals surface area contributed by atoms with E-state index in [2.05, 4.69) is 4.90 Å². The number of nitrogens with zero attached hydrogens (tertiary/aromatic N) is 1. The van der Waals surface area contributed by atoms with Crippen LogP contribution in [0.4, 0.5) is 0 Å². The van der Waals surface area contributed by atoms with Crippen molar-refractivity contribution in [3.63, 3.8) is 0 Å². The minimum atomic E-state index is 0.0336. The van der Waals surface area contributed by atoms with Crippen LogP contribution in [-0.2, 0) is 0 Å². The van der Waals surface area contributed by atoms with E-state index in [9.17, 15) is 0 Å². The molecule has 1 aliphatic heterocycles. The highest BCUT2D eigenvalue weighted by atomic mass is 35.5. The highest BCUT2D eigenvalue weighted by molar-refractivity contribution is 6.18. The zero-order chi connectivity index (χ0) is 12.8. The third-order valence-corrected chi connectivity index (χ3v) is 3.17. The van der Waals surface area contributed by atoms with Gasteiger partial charge in [0.05, 0.1) is 0 Å². The van der Waals surface area contributed by atoms with Crippen LogP contribution in [0.15, 0.2) is 24.3 Å². The molecule has 0 aliphatic carbocycles. The summed E-state index contributed by atoms with van der Waals surface area (Å²) in [6.07, 6.45) is 0.0336. The number of alkyl halides is 2. The lowest BCUT2D eigenvalue weighted by Gasteiger charge is -2.30. The molecule has 1 aliphatic rings. The molecule has 1 atom stereocenters. The molecular formula is C13H17Cl2NO2. The Hall–Kier alpha value is -0.640. The second kappa shape index (κ2) is 7.07. The van der Waals surface area contributed by atoms with E-state index in [1.165, 1.54) is 0 Å². The zero-order valence-corrected chi connectivity index (χ0v) is 11.7. The average molecular weight is 290 g/mol. The third kappa shape index (κ3) is 3.67. The Kier molecular flexibility index (Phi) is 5.42. The summed E-state index contributed by atoms with van der Waals surface area (Å²) < 4.78 is 11.6. The van der Waals surface area contributed by atoms with Crippen molar-refractivity contribution >= 4 is 23.2 Å². The van der Waals surface area contributed by atoms with Crippen LogP contribution in [0.2, 0.25) is 0 Å². The number of ether oxygens (including phenoxy) is 2. The van der Waals surface area contributed by atoms with Gasteiger partial charge in [-0.3, -0.25) is 4.90 Å². The fourth-order valence-electron chi connectivity index (χ4n) is 1.97. The second-order valence-corrected chi connectivity index (χ2v) is 4.93. The van der Waals surface area contributed by atoms with Gasteiger partial charge in [-0.2, -0.15) is 0 Å². The molecule has 0 fully saturated rings. The van der Waals surface area contributed by atoms with Crippen molar-refractivity contribution in [2.24, 2.45) is 0 Å². The normalized spacial score (nSPS) is 18.1.